The van der Waals surface area contributed by atoms with Crippen LogP contribution in [0.25, 0.3) is 0 Å². The maximum Gasteiger partial charge on any atom is 0.0949 e. The third-order valence-electron chi connectivity index (χ3n) is 2.79. The van der Waals surface area contributed by atoms with Crippen LogP contribution in [-0.4, -0.2) is 19.7 Å². The smallest absolute Gasteiger partial charge is 0.0949 e. The Morgan fingerprint density at radius 2 is 2.11 bits per heavy atom. The van der Waals surface area contributed by atoms with E-state index in [2.05, 4.69) is 25.2 Å². The second kappa shape index (κ2) is 9.37. The highest BCUT2D eigenvalue weighted by atomic mass is 35.5. The van der Waals surface area contributed by atoms with Gasteiger partial charge in [-0.25, -0.2) is 0 Å². The maximum absolute atomic E-state index is 6.04. The van der Waals surface area contributed by atoms with Gasteiger partial charge >= 0.3 is 0 Å². The Kier molecular flexibility index (Phi) is 8.06. The minimum absolute atomic E-state index is 0.0989. The molecule has 2 nitrogen and oxygen atoms in total. The number of halogens is 1. The lowest BCUT2D eigenvalue weighted by atomic mass is 10.1. The molecule has 0 saturated carbocycles. The standard InChI is InChI=1S/C15H24ClNO/c1-3-5-10-18-15(12-17-9-4-2)13-7-6-8-14(16)11-13/h6-8,11,15,17H,3-5,9-10,12H2,1-2H3. The van der Waals surface area contributed by atoms with Gasteiger partial charge in [-0.2, -0.15) is 0 Å². The number of benzene rings is 1. The number of rotatable bonds is 9. The molecule has 0 heterocycles. The third kappa shape index (κ3) is 5.85. The van der Waals surface area contributed by atoms with Gasteiger partial charge in [-0.3, -0.25) is 0 Å². The first-order valence-electron chi connectivity index (χ1n) is 6.85. The van der Waals surface area contributed by atoms with Crippen molar-refractivity contribution in [3.05, 3.63) is 34.9 Å². The third-order valence-corrected chi connectivity index (χ3v) is 3.03. The van der Waals surface area contributed by atoms with Crippen LogP contribution in [0.5, 0.6) is 0 Å². The van der Waals surface area contributed by atoms with Crippen LogP contribution in [0.15, 0.2) is 24.3 Å². The second-order valence-corrected chi connectivity index (χ2v) is 4.91. The van der Waals surface area contributed by atoms with Crippen molar-refractivity contribution in [2.24, 2.45) is 0 Å². The quantitative estimate of drug-likeness (QED) is 0.679. The molecule has 1 N–H and O–H groups in total. The maximum atomic E-state index is 6.04. The highest BCUT2D eigenvalue weighted by Crippen LogP contribution is 2.20. The zero-order valence-corrected chi connectivity index (χ0v) is 12.2. The Morgan fingerprint density at radius 1 is 1.28 bits per heavy atom. The average Bonchev–Trinajstić information content (AvgIpc) is 2.37. The summed E-state index contributed by atoms with van der Waals surface area (Å²) in [5.74, 6) is 0. The first-order chi connectivity index (χ1) is 8.77. The van der Waals surface area contributed by atoms with Gasteiger partial charge in [0.2, 0.25) is 0 Å². The number of hydrogen-bond acceptors (Lipinski definition) is 2. The fourth-order valence-corrected chi connectivity index (χ4v) is 1.96. The molecule has 0 aliphatic carbocycles. The molecule has 0 aromatic heterocycles. The molecule has 1 aromatic rings. The molecule has 0 aliphatic rings. The Morgan fingerprint density at radius 3 is 2.78 bits per heavy atom. The zero-order chi connectivity index (χ0) is 13.2. The van der Waals surface area contributed by atoms with Crippen molar-refractivity contribution in [1.29, 1.82) is 0 Å². The summed E-state index contributed by atoms with van der Waals surface area (Å²) in [5.41, 5.74) is 1.15. The summed E-state index contributed by atoms with van der Waals surface area (Å²) in [6, 6.07) is 7.95. The van der Waals surface area contributed by atoms with Crippen molar-refractivity contribution in [1.82, 2.24) is 5.32 Å². The number of hydrogen-bond donors (Lipinski definition) is 1. The summed E-state index contributed by atoms with van der Waals surface area (Å²) >= 11 is 6.04. The van der Waals surface area contributed by atoms with Crippen LogP contribution in [0.2, 0.25) is 5.02 Å². The van der Waals surface area contributed by atoms with E-state index in [1.807, 2.05) is 18.2 Å². The summed E-state index contributed by atoms with van der Waals surface area (Å²) in [6.07, 6.45) is 3.49. The normalized spacial score (nSPS) is 12.6. The van der Waals surface area contributed by atoms with E-state index in [0.29, 0.717) is 0 Å². The molecule has 0 bridgehead atoms. The fraction of sp³-hybridized carbons (Fsp3) is 0.600. The Hall–Kier alpha value is -0.570. The first-order valence-corrected chi connectivity index (χ1v) is 7.23. The van der Waals surface area contributed by atoms with E-state index in [9.17, 15) is 0 Å². The fourth-order valence-electron chi connectivity index (χ4n) is 1.76. The van der Waals surface area contributed by atoms with Crippen molar-refractivity contribution in [2.45, 2.75) is 39.2 Å². The highest BCUT2D eigenvalue weighted by Gasteiger charge is 2.11. The summed E-state index contributed by atoms with van der Waals surface area (Å²) in [7, 11) is 0. The van der Waals surface area contributed by atoms with Crippen LogP contribution in [0, 0.1) is 0 Å². The SMILES string of the molecule is CCCCOC(CNCCC)c1cccc(Cl)c1. The molecule has 0 radical (unpaired) electrons. The molecule has 0 saturated heterocycles. The molecule has 1 rings (SSSR count). The van der Waals surface area contributed by atoms with Gasteiger partial charge in [-0.1, -0.05) is 44.0 Å². The van der Waals surface area contributed by atoms with E-state index in [0.717, 1.165) is 49.5 Å². The number of unbranched alkanes of at least 4 members (excludes halogenated alkanes) is 1. The van der Waals surface area contributed by atoms with Gasteiger partial charge in [-0.15, -0.1) is 0 Å². The van der Waals surface area contributed by atoms with Crippen LogP contribution in [0.4, 0.5) is 0 Å². The first kappa shape index (κ1) is 15.5. The average molecular weight is 270 g/mol. The number of ether oxygens (including phenoxy) is 1. The zero-order valence-electron chi connectivity index (χ0n) is 11.4. The van der Waals surface area contributed by atoms with E-state index in [-0.39, 0.29) is 6.10 Å². The lowest BCUT2D eigenvalue weighted by Gasteiger charge is -2.19. The Balaban J connectivity index is 2.57. The minimum atomic E-state index is 0.0989. The van der Waals surface area contributed by atoms with Crippen molar-refractivity contribution >= 4 is 11.6 Å². The summed E-state index contributed by atoms with van der Waals surface area (Å²) in [5, 5.41) is 4.18. The van der Waals surface area contributed by atoms with Crippen LogP contribution in [0.3, 0.4) is 0 Å². The summed E-state index contributed by atoms with van der Waals surface area (Å²) in [4.78, 5) is 0. The van der Waals surface area contributed by atoms with Gasteiger partial charge in [0.1, 0.15) is 0 Å². The van der Waals surface area contributed by atoms with Crippen LogP contribution < -0.4 is 5.32 Å². The molecule has 0 aliphatic heterocycles. The Labute approximate surface area is 116 Å². The van der Waals surface area contributed by atoms with Crippen molar-refractivity contribution in [2.75, 3.05) is 19.7 Å². The lowest BCUT2D eigenvalue weighted by molar-refractivity contribution is 0.0508. The van der Waals surface area contributed by atoms with Crippen LogP contribution >= 0.6 is 11.6 Å². The van der Waals surface area contributed by atoms with E-state index in [4.69, 9.17) is 16.3 Å². The monoisotopic (exact) mass is 269 g/mol. The second-order valence-electron chi connectivity index (χ2n) is 4.47. The molecule has 0 amide bonds. The van der Waals surface area contributed by atoms with Gasteiger partial charge in [-0.05, 0) is 37.1 Å². The molecule has 3 heteroatoms. The molecule has 0 spiro atoms. The molecular weight excluding hydrogens is 246 g/mol. The van der Waals surface area contributed by atoms with Gasteiger partial charge in [0.25, 0.3) is 0 Å². The topological polar surface area (TPSA) is 21.3 Å². The van der Waals surface area contributed by atoms with Gasteiger partial charge in [0.05, 0.1) is 6.10 Å². The van der Waals surface area contributed by atoms with Gasteiger partial charge in [0, 0.05) is 18.2 Å². The van der Waals surface area contributed by atoms with Crippen molar-refractivity contribution < 1.29 is 4.74 Å². The Bertz CT molecular complexity index is 320. The van der Waals surface area contributed by atoms with Crippen molar-refractivity contribution in [3.8, 4) is 0 Å². The summed E-state index contributed by atoms with van der Waals surface area (Å²) < 4.78 is 5.95. The van der Waals surface area contributed by atoms with Gasteiger partial charge in [0.15, 0.2) is 0 Å². The van der Waals surface area contributed by atoms with E-state index in [1.54, 1.807) is 0 Å². The molecule has 0 fully saturated rings. The van der Waals surface area contributed by atoms with E-state index < -0.39 is 0 Å². The van der Waals surface area contributed by atoms with Gasteiger partial charge < -0.3 is 10.1 Å². The van der Waals surface area contributed by atoms with E-state index in [1.165, 1.54) is 0 Å². The molecule has 1 unspecified atom stereocenters. The van der Waals surface area contributed by atoms with Crippen LogP contribution in [0.1, 0.15) is 44.8 Å². The van der Waals surface area contributed by atoms with Crippen molar-refractivity contribution in [3.63, 3.8) is 0 Å². The van der Waals surface area contributed by atoms with Crippen LogP contribution in [-0.2, 0) is 4.74 Å². The molecule has 1 aromatic carbocycles. The lowest BCUT2D eigenvalue weighted by Crippen LogP contribution is -2.24. The summed E-state index contributed by atoms with van der Waals surface area (Å²) in [6.45, 7) is 7.01. The molecule has 1 atom stereocenters. The predicted molar refractivity (Wildman–Crippen MR) is 78.2 cm³/mol. The molecule has 18 heavy (non-hydrogen) atoms. The van der Waals surface area contributed by atoms with E-state index >= 15 is 0 Å². The minimum Gasteiger partial charge on any atom is -0.372 e. The number of nitrogens with one attached hydrogen (secondary N) is 1. The highest BCUT2D eigenvalue weighted by molar-refractivity contribution is 6.30. The largest absolute Gasteiger partial charge is 0.372 e. The predicted octanol–water partition coefficient (Wildman–Crippen LogP) is 4.20. The molecular formula is C15H24ClNO. The molecule has 102 valence electrons.